The quantitative estimate of drug-likeness (QED) is 0.129. The van der Waals surface area contributed by atoms with E-state index >= 15 is 4.39 Å². The van der Waals surface area contributed by atoms with Gasteiger partial charge >= 0.3 is 12.5 Å². The number of anilines is 2. The van der Waals surface area contributed by atoms with E-state index in [0.717, 1.165) is 25.0 Å². The Balaban J connectivity index is 1.03. The maximum Gasteiger partial charge on any atom is 0.573 e. The summed E-state index contributed by atoms with van der Waals surface area (Å²) in [5, 5.41) is 4.96. The molecule has 4 heterocycles. The minimum absolute atomic E-state index is 0.0339. The van der Waals surface area contributed by atoms with Gasteiger partial charge in [0.1, 0.15) is 29.3 Å². The third-order valence-electron chi connectivity index (χ3n) is 11.9. The predicted octanol–water partition coefficient (Wildman–Crippen LogP) is 7.56. The zero-order valence-corrected chi connectivity index (χ0v) is 35.3. The Morgan fingerprint density at radius 1 is 0.968 bits per heavy atom. The number of benzene rings is 2. The Labute approximate surface area is 356 Å². The van der Waals surface area contributed by atoms with Gasteiger partial charge in [0.25, 0.3) is 5.91 Å². The second kappa shape index (κ2) is 17.3. The molecule has 330 valence electrons. The number of amides is 4. The Hall–Kier alpha value is -6.20. The summed E-state index contributed by atoms with van der Waals surface area (Å²) in [7, 11) is 1.23. The summed E-state index contributed by atoms with van der Waals surface area (Å²) >= 11 is 0. The zero-order chi connectivity index (χ0) is 44.7. The van der Waals surface area contributed by atoms with E-state index in [1.165, 1.54) is 31.5 Å². The number of rotatable bonds is 11. The van der Waals surface area contributed by atoms with Gasteiger partial charge in [-0.05, 0) is 66.8 Å². The van der Waals surface area contributed by atoms with Crippen LogP contribution in [0.2, 0.25) is 0 Å². The number of imidazole rings is 1. The molecule has 0 spiro atoms. The first-order valence-corrected chi connectivity index (χ1v) is 20.6. The van der Waals surface area contributed by atoms with Crippen LogP contribution in [-0.4, -0.2) is 100 Å². The summed E-state index contributed by atoms with van der Waals surface area (Å²) < 4.78 is 65.8. The molecule has 2 aromatic carbocycles. The number of alkyl halides is 3. The smallest absolute Gasteiger partial charge is 0.453 e. The lowest BCUT2D eigenvalue weighted by atomic mass is 10.0. The number of carbonyl (C=O) groups excluding carboxylic acids is 4. The number of likely N-dealkylation sites (tertiary alicyclic amines) is 1. The van der Waals surface area contributed by atoms with Crippen LogP contribution in [-0.2, 0) is 14.3 Å². The van der Waals surface area contributed by atoms with Gasteiger partial charge in [0.2, 0.25) is 11.8 Å². The SMILES string of the molecule is COC(=O)N[C@H](C(=O)N1CCC[C@H]1c1ncc(-c2ccc(-c3cc(F)c(NC(=O)c4ccc(N5CCN(C(=O)[C@H]6CC6(C)C)C[C@H]5C)nc4)cc3OC(F)(F)F)cc2)[nH]1)C(C)C. The minimum atomic E-state index is -5.13. The highest BCUT2D eigenvalue weighted by atomic mass is 19.4. The Bertz CT molecular complexity index is 2320. The number of H-pyrrole nitrogens is 1. The lowest BCUT2D eigenvalue weighted by Crippen LogP contribution is -2.54. The maximum absolute atomic E-state index is 15.6. The van der Waals surface area contributed by atoms with Gasteiger partial charge in [-0.2, -0.15) is 0 Å². The number of methoxy groups -OCH3 is 1. The van der Waals surface area contributed by atoms with Crippen LogP contribution in [0.1, 0.15) is 76.1 Å². The number of hydrogen-bond donors (Lipinski definition) is 3. The van der Waals surface area contributed by atoms with Gasteiger partial charge in [0.05, 0.1) is 36.3 Å². The first-order chi connectivity index (χ1) is 29.3. The Morgan fingerprint density at radius 2 is 1.68 bits per heavy atom. The number of ether oxygens (including phenoxy) is 2. The van der Waals surface area contributed by atoms with E-state index in [0.29, 0.717) is 55.5 Å². The van der Waals surface area contributed by atoms with Crippen LogP contribution in [0.4, 0.5) is 33.9 Å². The zero-order valence-electron chi connectivity index (χ0n) is 35.3. The number of nitrogens with zero attached hydrogens (tertiary/aromatic N) is 5. The third-order valence-corrected chi connectivity index (χ3v) is 11.9. The fourth-order valence-corrected chi connectivity index (χ4v) is 8.25. The van der Waals surface area contributed by atoms with Crippen LogP contribution >= 0.6 is 0 Å². The molecule has 3 N–H and O–H groups in total. The highest BCUT2D eigenvalue weighted by Gasteiger charge is 2.52. The number of halogens is 4. The van der Waals surface area contributed by atoms with E-state index in [1.54, 1.807) is 29.3 Å². The number of aromatic amines is 1. The molecule has 3 fully saturated rings. The van der Waals surface area contributed by atoms with Gasteiger partial charge in [-0.3, -0.25) is 14.4 Å². The van der Waals surface area contributed by atoms with E-state index in [-0.39, 0.29) is 57.8 Å². The largest absolute Gasteiger partial charge is 0.573 e. The fraction of sp³-hybridized carbons (Fsp3) is 0.455. The molecule has 4 aromatic rings. The van der Waals surface area contributed by atoms with Gasteiger partial charge < -0.3 is 39.8 Å². The van der Waals surface area contributed by atoms with Crippen molar-refractivity contribution >= 4 is 35.3 Å². The summed E-state index contributed by atoms with van der Waals surface area (Å²) in [6, 6.07) is 9.81. The topological polar surface area (TPSA) is 162 Å². The second-order valence-electron chi connectivity index (χ2n) is 17.1. The highest BCUT2D eigenvalue weighted by molar-refractivity contribution is 6.04. The van der Waals surface area contributed by atoms with E-state index in [1.807, 2.05) is 30.6 Å². The van der Waals surface area contributed by atoms with Gasteiger partial charge in [-0.25, -0.2) is 19.2 Å². The van der Waals surface area contributed by atoms with Crippen LogP contribution in [0.5, 0.6) is 5.75 Å². The van der Waals surface area contributed by atoms with Crippen molar-refractivity contribution in [2.45, 2.75) is 78.4 Å². The average Bonchev–Trinajstić information content (AvgIpc) is 3.57. The van der Waals surface area contributed by atoms with Crippen molar-refractivity contribution in [3.05, 3.63) is 78.1 Å². The molecular weight excluding hydrogens is 813 g/mol. The molecule has 3 aliphatic rings. The van der Waals surface area contributed by atoms with Gasteiger partial charge in [-0.15, -0.1) is 13.2 Å². The highest BCUT2D eigenvalue weighted by Crippen LogP contribution is 2.52. The third kappa shape index (κ3) is 9.48. The molecule has 1 aliphatic carbocycles. The van der Waals surface area contributed by atoms with Crippen LogP contribution in [0, 0.1) is 23.1 Å². The number of piperazine rings is 1. The number of hydrogen-bond acceptors (Lipinski definition) is 9. The number of alkyl carbamates (subject to hydrolysis) is 1. The summed E-state index contributed by atoms with van der Waals surface area (Å²) in [5.41, 5.74) is 0.724. The summed E-state index contributed by atoms with van der Waals surface area (Å²) in [4.78, 5) is 69.5. The van der Waals surface area contributed by atoms with Crippen molar-refractivity contribution in [2.75, 3.05) is 43.5 Å². The van der Waals surface area contributed by atoms with E-state index in [9.17, 15) is 32.3 Å². The monoisotopic (exact) mass is 862 g/mol. The first-order valence-electron chi connectivity index (χ1n) is 20.6. The molecule has 4 amide bonds. The molecule has 7 rings (SSSR count). The number of nitrogens with one attached hydrogen (secondary N) is 3. The lowest BCUT2D eigenvalue weighted by Gasteiger charge is -2.40. The fourth-order valence-electron chi connectivity index (χ4n) is 8.25. The first kappa shape index (κ1) is 43.9. The maximum atomic E-state index is 15.6. The normalized spacial score (nSPS) is 20.2. The van der Waals surface area contributed by atoms with Gasteiger partial charge in [0.15, 0.2) is 0 Å². The molecule has 2 aromatic heterocycles. The molecule has 2 saturated heterocycles. The van der Waals surface area contributed by atoms with Gasteiger partial charge in [0, 0.05) is 56.0 Å². The van der Waals surface area contributed by atoms with Crippen molar-refractivity contribution in [3.63, 3.8) is 0 Å². The molecular formula is C44H50F4N8O6. The molecule has 62 heavy (non-hydrogen) atoms. The molecule has 4 atom stereocenters. The van der Waals surface area contributed by atoms with Crippen molar-refractivity contribution in [1.29, 1.82) is 0 Å². The van der Waals surface area contributed by atoms with Crippen molar-refractivity contribution < 1.29 is 46.2 Å². The summed E-state index contributed by atoms with van der Waals surface area (Å²) in [6.07, 6.45) is -0.719. The van der Waals surface area contributed by atoms with E-state index in [4.69, 9.17) is 4.74 Å². The molecule has 0 radical (unpaired) electrons. The predicted molar refractivity (Wildman–Crippen MR) is 221 cm³/mol. The Kier molecular flexibility index (Phi) is 12.2. The van der Waals surface area contributed by atoms with Crippen molar-refractivity contribution in [2.24, 2.45) is 17.3 Å². The molecule has 0 unspecified atom stereocenters. The average molecular weight is 863 g/mol. The molecule has 14 nitrogen and oxygen atoms in total. The molecule has 2 aliphatic heterocycles. The number of pyridine rings is 1. The standard InChI is InChI=1S/C44H50F4N8O6/c1-24(2)37(53-42(60)61-6)41(59)56-15-7-8-34(56)38-50-22-33(51-38)27-11-9-26(10-12-27)29-18-31(45)32(19-35(29)62-44(46,47)48)52-39(57)28-13-14-36(49-21-28)55-17-16-54(23-25(55)3)40(58)30-20-43(30,4)5/h9-14,18-19,21-22,24-25,30,34,37H,7-8,15-17,20,23H2,1-6H3,(H,50,51)(H,52,57)(H,53,60)/t25-,30-,34+,37+/m1/s1. The van der Waals surface area contributed by atoms with Crippen LogP contribution in [0.15, 0.2) is 60.9 Å². The Morgan fingerprint density at radius 3 is 2.29 bits per heavy atom. The number of aromatic nitrogens is 3. The lowest BCUT2D eigenvalue weighted by molar-refractivity contribution is -0.274. The summed E-state index contributed by atoms with van der Waals surface area (Å²) in [5.74, 6) is -1.67. The van der Waals surface area contributed by atoms with E-state index < -0.39 is 41.7 Å². The van der Waals surface area contributed by atoms with Crippen LogP contribution in [0.25, 0.3) is 22.4 Å². The molecule has 18 heteroatoms. The minimum Gasteiger partial charge on any atom is -0.453 e. The van der Waals surface area contributed by atoms with E-state index in [2.05, 4.69) is 44.2 Å². The van der Waals surface area contributed by atoms with Crippen LogP contribution < -0.4 is 20.3 Å². The van der Waals surface area contributed by atoms with Crippen LogP contribution in [0.3, 0.4) is 0 Å². The number of carbonyl (C=O) groups is 4. The van der Waals surface area contributed by atoms with Gasteiger partial charge in [-0.1, -0.05) is 52.0 Å². The summed E-state index contributed by atoms with van der Waals surface area (Å²) in [6.45, 7) is 11.9. The molecule has 0 bridgehead atoms. The van der Waals surface area contributed by atoms with Crippen molar-refractivity contribution in [3.8, 4) is 28.1 Å². The molecule has 1 saturated carbocycles. The second-order valence-corrected chi connectivity index (χ2v) is 17.1. The van der Waals surface area contributed by atoms with Crippen molar-refractivity contribution in [1.82, 2.24) is 30.1 Å².